The van der Waals surface area contributed by atoms with Gasteiger partial charge in [0, 0.05) is 31.9 Å². The SMILES string of the molecule is CN1NNC=C1C1(O)CC2CC(c3nn(C)c(N)c3C(=O)Nc3ccc(F)c(Cl)c3)CC2C1. The van der Waals surface area contributed by atoms with E-state index in [4.69, 9.17) is 17.3 Å². The fourth-order valence-electron chi connectivity index (χ4n) is 5.74. The molecule has 6 N–H and O–H groups in total. The molecular weight excluding hydrogens is 449 g/mol. The van der Waals surface area contributed by atoms with Crippen LogP contribution in [0.25, 0.3) is 0 Å². The zero-order valence-corrected chi connectivity index (χ0v) is 19.2. The predicted molar refractivity (Wildman–Crippen MR) is 122 cm³/mol. The summed E-state index contributed by atoms with van der Waals surface area (Å²) in [6.07, 6.45) is 4.77. The molecule has 2 atom stereocenters. The number of benzene rings is 1. The Kier molecular flexibility index (Phi) is 5.26. The smallest absolute Gasteiger partial charge is 0.261 e. The van der Waals surface area contributed by atoms with Crippen molar-refractivity contribution in [1.82, 2.24) is 25.7 Å². The van der Waals surface area contributed by atoms with E-state index in [9.17, 15) is 14.3 Å². The lowest BCUT2D eigenvalue weighted by molar-refractivity contribution is 0.0443. The number of nitrogens with two attached hydrogens (primary N) is 1. The summed E-state index contributed by atoms with van der Waals surface area (Å²) < 4.78 is 15.0. The Balaban J connectivity index is 1.35. The van der Waals surface area contributed by atoms with Crippen LogP contribution in [0.15, 0.2) is 30.1 Å². The van der Waals surface area contributed by atoms with Crippen molar-refractivity contribution in [1.29, 1.82) is 0 Å². The molecule has 9 nitrogen and oxygen atoms in total. The zero-order valence-electron chi connectivity index (χ0n) is 18.4. The molecule has 2 saturated carbocycles. The Morgan fingerprint density at radius 1 is 1.33 bits per heavy atom. The lowest BCUT2D eigenvalue weighted by atomic mass is 9.89. The van der Waals surface area contributed by atoms with Gasteiger partial charge in [-0.2, -0.15) is 5.10 Å². The lowest BCUT2D eigenvalue weighted by Crippen LogP contribution is -2.41. The molecule has 2 aliphatic carbocycles. The van der Waals surface area contributed by atoms with Crippen molar-refractivity contribution < 1.29 is 14.3 Å². The van der Waals surface area contributed by atoms with Crippen molar-refractivity contribution in [2.75, 3.05) is 18.1 Å². The monoisotopic (exact) mass is 475 g/mol. The summed E-state index contributed by atoms with van der Waals surface area (Å²) in [6, 6.07) is 4.01. The summed E-state index contributed by atoms with van der Waals surface area (Å²) in [5.74, 6) is 0.0349. The van der Waals surface area contributed by atoms with E-state index in [1.165, 1.54) is 22.9 Å². The maximum atomic E-state index is 13.5. The fraction of sp³-hybridized carbons (Fsp3) is 0.455. The van der Waals surface area contributed by atoms with Crippen molar-refractivity contribution in [2.24, 2.45) is 18.9 Å². The molecule has 33 heavy (non-hydrogen) atoms. The lowest BCUT2D eigenvalue weighted by Gasteiger charge is -2.30. The Morgan fingerprint density at radius 2 is 2.03 bits per heavy atom. The largest absolute Gasteiger partial charge is 0.384 e. The number of halogens is 2. The highest BCUT2D eigenvalue weighted by Crippen LogP contribution is 2.56. The molecule has 1 aromatic carbocycles. The Bertz CT molecular complexity index is 1140. The van der Waals surface area contributed by atoms with Crippen molar-refractivity contribution in [3.8, 4) is 0 Å². The molecule has 2 heterocycles. The third kappa shape index (κ3) is 3.71. The van der Waals surface area contributed by atoms with Gasteiger partial charge in [-0.05, 0) is 55.7 Å². The number of carbonyl (C=O) groups excluding carboxylic acids is 1. The van der Waals surface area contributed by atoms with Crippen molar-refractivity contribution in [3.63, 3.8) is 0 Å². The van der Waals surface area contributed by atoms with Gasteiger partial charge in [-0.3, -0.25) is 14.5 Å². The molecule has 5 rings (SSSR count). The van der Waals surface area contributed by atoms with E-state index < -0.39 is 17.3 Å². The summed E-state index contributed by atoms with van der Waals surface area (Å²) >= 11 is 5.84. The molecule has 1 aromatic heterocycles. The molecule has 0 spiro atoms. The first-order valence-corrected chi connectivity index (χ1v) is 11.3. The standard InChI is InChI=1S/C22H27ClFN7O2/c1-30-17(10-26-29-30)22(33)8-12-5-11(6-13(12)9-22)19-18(20(25)31(2)28-19)21(32)27-14-3-4-16(24)15(23)7-14/h3-4,7,10-13,26,29,33H,5-6,8-9,25H2,1-2H3,(H,27,32). The van der Waals surface area contributed by atoms with Crippen LogP contribution in [0.5, 0.6) is 0 Å². The molecule has 3 aliphatic rings. The van der Waals surface area contributed by atoms with Crippen molar-refractivity contribution in [3.05, 3.63) is 52.2 Å². The van der Waals surface area contributed by atoms with Gasteiger partial charge in [-0.25, -0.2) is 4.39 Å². The number of rotatable bonds is 4. The number of nitrogen functional groups attached to an aromatic ring is 1. The summed E-state index contributed by atoms with van der Waals surface area (Å²) in [7, 11) is 3.58. The van der Waals surface area contributed by atoms with Gasteiger partial charge >= 0.3 is 0 Å². The zero-order chi connectivity index (χ0) is 23.5. The summed E-state index contributed by atoms with van der Waals surface area (Å²) in [5, 5.41) is 20.4. The number of fused-ring (bicyclic) bond motifs is 1. The van der Waals surface area contributed by atoms with E-state index in [1.807, 2.05) is 18.3 Å². The number of aliphatic hydroxyl groups is 1. The Hall–Kier alpha value is -2.82. The van der Waals surface area contributed by atoms with Crippen LogP contribution in [0.3, 0.4) is 0 Å². The van der Waals surface area contributed by atoms with Crippen LogP contribution < -0.4 is 22.0 Å². The summed E-state index contributed by atoms with van der Waals surface area (Å²) in [4.78, 5) is 13.1. The number of anilines is 2. The molecule has 2 fully saturated rings. The number of hydrazine groups is 2. The molecule has 0 bridgehead atoms. The second-order valence-electron chi connectivity index (χ2n) is 9.33. The summed E-state index contributed by atoms with van der Waals surface area (Å²) in [5.41, 5.74) is 13.5. The van der Waals surface area contributed by atoms with Crippen LogP contribution in [-0.4, -0.2) is 38.5 Å². The molecule has 1 amide bonds. The van der Waals surface area contributed by atoms with Gasteiger partial charge in [0.25, 0.3) is 5.91 Å². The van der Waals surface area contributed by atoms with Crippen molar-refractivity contribution >= 4 is 29.0 Å². The molecule has 2 unspecified atom stereocenters. The van der Waals surface area contributed by atoms with E-state index in [0.717, 1.165) is 18.5 Å². The molecule has 0 radical (unpaired) electrons. The maximum Gasteiger partial charge on any atom is 0.261 e. The number of hydrogen-bond acceptors (Lipinski definition) is 7. The van der Waals surface area contributed by atoms with Crippen LogP contribution in [-0.2, 0) is 7.05 Å². The topological polar surface area (TPSA) is 120 Å². The minimum Gasteiger partial charge on any atom is -0.384 e. The number of carbonyl (C=O) groups is 1. The fourth-order valence-corrected chi connectivity index (χ4v) is 5.92. The molecular formula is C22H27ClFN7O2. The van der Waals surface area contributed by atoms with Crippen LogP contribution in [0.1, 0.15) is 47.7 Å². The van der Waals surface area contributed by atoms with E-state index in [1.54, 1.807) is 7.05 Å². The highest BCUT2D eigenvalue weighted by Gasteiger charge is 2.52. The molecule has 2 aromatic rings. The molecule has 0 saturated heterocycles. The Morgan fingerprint density at radius 3 is 2.64 bits per heavy atom. The molecule has 1 aliphatic heterocycles. The van der Waals surface area contributed by atoms with Gasteiger partial charge in [-0.1, -0.05) is 11.6 Å². The van der Waals surface area contributed by atoms with Crippen LogP contribution in [0.4, 0.5) is 15.9 Å². The maximum absolute atomic E-state index is 13.5. The van der Waals surface area contributed by atoms with E-state index in [0.29, 0.717) is 41.6 Å². The van der Waals surface area contributed by atoms with Crippen molar-refractivity contribution in [2.45, 2.75) is 37.2 Å². The number of likely N-dealkylation sites (N-methyl/N-ethyl adjacent to an activating group) is 1. The predicted octanol–water partition coefficient (Wildman–Crippen LogP) is 2.48. The van der Waals surface area contributed by atoms with E-state index in [-0.39, 0.29) is 16.8 Å². The number of nitrogens with zero attached hydrogens (tertiary/aromatic N) is 3. The van der Waals surface area contributed by atoms with E-state index in [2.05, 4.69) is 21.4 Å². The first-order valence-electron chi connectivity index (χ1n) is 10.9. The number of hydrogen-bond donors (Lipinski definition) is 5. The average Bonchev–Trinajstić information content (AvgIpc) is 3.48. The van der Waals surface area contributed by atoms with Crippen LogP contribution >= 0.6 is 11.6 Å². The minimum absolute atomic E-state index is 0.0668. The Labute approximate surface area is 195 Å². The highest BCUT2D eigenvalue weighted by atomic mass is 35.5. The second-order valence-corrected chi connectivity index (χ2v) is 9.73. The average molecular weight is 476 g/mol. The first-order chi connectivity index (χ1) is 15.7. The highest BCUT2D eigenvalue weighted by molar-refractivity contribution is 6.31. The minimum atomic E-state index is -0.878. The number of nitrogens with one attached hydrogen (secondary N) is 3. The number of amides is 1. The third-order valence-corrected chi connectivity index (χ3v) is 7.52. The summed E-state index contributed by atoms with van der Waals surface area (Å²) in [6.45, 7) is 0. The van der Waals surface area contributed by atoms with Gasteiger partial charge in [0.2, 0.25) is 0 Å². The first kappa shape index (κ1) is 22.0. The van der Waals surface area contributed by atoms with E-state index >= 15 is 0 Å². The molecule has 176 valence electrons. The molecule has 11 heteroatoms. The van der Waals surface area contributed by atoms with Crippen LogP contribution in [0, 0.1) is 17.7 Å². The van der Waals surface area contributed by atoms with Crippen LogP contribution in [0.2, 0.25) is 5.02 Å². The quantitative estimate of drug-likeness (QED) is 0.460. The van der Waals surface area contributed by atoms with Gasteiger partial charge in [-0.15, -0.1) is 5.53 Å². The van der Waals surface area contributed by atoms with Gasteiger partial charge in [0.05, 0.1) is 16.4 Å². The third-order valence-electron chi connectivity index (χ3n) is 7.23. The number of aromatic nitrogens is 2. The van der Waals surface area contributed by atoms with Gasteiger partial charge in [0.15, 0.2) is 0 Å². The number of aryl methyl sites for hydroxylation is 1. The van der Waals surface area contributed by atoms with Gasteiger partial charge < -0.3 is 21.6 Å². The second kappa shape index (κ2) is 7.89. The normalized spacial score (nSPS) is 28.6. The van der Waals surface area contributed by atoms with Gasteiger partial charge in [0.1, 0.15) is 22.8 Å².